The van der Waals surface area contributed by atoms with E-state index < -0.39 is 4.92 Å². The van der Waals surface area contributed by atoms with Crippen molar-refractivity contribution in [3.05, 3.63) is 70.5 Å². The van der Waals surface area contributed by atoms with Crippen molar-refractivity contribution in [2.75, 3.05) is 0 Å². The number of para-hydroxylation sites is 3. The van der Waals surface area contributed by atoms with Crippen molar-refractivity contribution in [3.63, 3.8) is 0 Å². The van der Waals surface area contributed by atoms with E-state index in [1.54, 1.807) is 30.3 Å². The van der Waals surface area contributed by atoms with Gasteiger partial charge in [0.25, 0.3) is 5.69 Å². The van der Waals surface area contributed by atoms with Crippen LogP contribution in [-0.4, -0.2) is 4.92 Å². The van der Waals surface area contributed by atoms with Crippen molar-refractivity contribution in [1.29, 1.82) is 0 Å². The zero-order chi connectivity index (χ0) is 13.2. The van der Waals surface area contributed by atoms with Crippen molar-refractivity contribution in [2.24, 2.45) is 0 Å². The van der Waals surface area contributed by atoms with Crippen LogP contribution in [0.15, 0.2) is 54.8 Å². The number of benzene rings is 2. The molecule has 0 saturated carbocycles. The van der Waals surface area contributed by atoms with Crippen molar-refractivity contribution >= 4 is 11.4 Å². The molecule has 0 spiro atoms. The number of ether oxygens (including phenoxy) is 2. The average molecular weight is 255 g/mol. The van der Waals surface area contributed by atoms with Crippen LogP contribution in [0.1, 0.15) is 5.56 Å². The molecule has 19 heavy (non-hydrogen) atoms. The Morgan fingerprint density at radius 3 is 2.42 bits per heavy atom. The molecule has 2 aromatic carbocycles. The molecule has 0 N–H and O–H groups in total. The Labute approximate surface area is 108 Å². The largest absolute Gasteiger partial charge is 0.457 e. The predicted molar refractivity (Wildman–Crippen MR) is 68.8 cm³/mol. The number of fused-ring (bicyclic) bond motifs is 1. The van der Waals surface area contributed by atoms with Gasteiger partial charge in [-0.15, -0.1) is 0 Å². The van der Waals surface area contributed by atoms with Crippen LogP contribution in [0.4, 0.5) is 5.69 Å². The second kappa shape index (κ2) is 4.45. The van der Waals surface area contributed by atoms with Crippen LogP contribution in [-0.2, 0) is 0 Å². The van der Waals surface area contributed by atoms with Crippen LogP contribution in [0.2, 0.25) is 0 Å². The maximum atomic E-state index is 11.0. The lowest BCUT2D eigenvalue weighted by Crippen LogP contribution is -2.06. The minimum absolute atomic E-state index is 0.0169. The Balaban J connectivity index is 2.02. The van der Waals surface area contributed by atoms with E-state index in [9.17, 15) is 10.1 Å². The van der Waals surface area contributed by atoms with Gasteiger partial charge in [0.2, 0.25) is 0 Å². The first-order valence-corrected chi connectivity index (χ1v) is 5.63. The molecule has 3 rings (SSSR count). The second-order valence-corrected chi connectivity index (χ2v) is 3.92. The smallest absolute Gasteiger partial charge is 0.280 e. The molecule has 0 bridgehead atoms. The summed E-state index contributed by atoms with van der Waals surface area (Å²) >= 11 is 0. The van der Waals surface area contributed by atoms with E-state index >= 15 is 0 Å². The maximum absolute atomic E-state index is 11.0. The Morgan fingerprint density at radius 2 is 1.63 bits per heavy atom. The Morgan fingerprint density at radius 1 is 0.947 bits per heavy atom. The van der Waals surface area contributed by atoms with E-state index in [4.69, 9.17) is 9.47 Å². The van der Waals surface area contributed by atoms with Gasteiger partial charge in [-0.2, -0.15) is 0 Å². The number of hydrogen-bond donors (Lipinski definition) is 0. The fraction of sp³-hybridized carbons (Fsp3) is 0. The Kier molecular flexibility index (Phi) is 2.64. The summed E-state index contributed by atoms with van der Waals surface area (Å²) in [5.41, 5.74) is 0.374. The van der Waals surface area contributed by atoms with Crippen molar-refractivity contribution in [3.8, 4) is 11.5 Å². The zero-order valence-corrected chi connectivity index (χ0v) is 9.78. The van der Waals surface area contributed by atoms with Crippen LogP contribution in [0.3, 0.4) is 0 Å². The highest BCUT2D eigenvalue weighted by Gasteiger charge is 2.22. The average Bonchev–Trinajstić information content (AvgIpc) is 2.46. The van der Waals surface area contributed by atoms with Crippen molar-refractivity contribution < 1.29 is 14.4 Å². The molecule has 0 aliphatic carbocycles. The molecule has 0 aromatic heterocycles. The molecule has 0 atom stereocenters. The molecule has 1 aliphatic heterocycles. The molecule has 0 radical (unpaired) electrons. The van der Waals surface area contributed by atoms with Gasteiger partial charge in [0.1, 0.15) is 6.26 Å². The highest BCUT2D eigenvalue weighted by atomic mass is 16.6. The molecule has 5 nitrogen and oxygen atoms in total. The fourth-order valence-corrected chi connectivity index (χ4v) is 1.85. The zero-order valence-electron chi connectivity index (χ0n) is 9.78. The monoisotopic (exact) mass is 255 g/mol. The summed E-state index contributed by atoms with van der Waals surface area (Å²) < 4.78 is 11.1. The van der Waals surface area contributed by atoms with Crippen molar-refractivity contribution in [2.45, 2.75) is 0 Å². The summed E-state index contributed by atoms with van der Waals surface area (Å²) in [6.07, 6.45) is 1.38. The lowest BCUT2D eigenvalue weighted by Gasteiger charge is -2.17. The van der Waals surface area contributed by atoms with Crippen molar-refractivity contribution in [1.82, 2.24) is 0 Å². The van der Waals surface area contributed by atoms with Gasteiger partial charge in [-0.05, 0) is 18.2 Å². The van der Waals surface area contributed by atoms with Crippen LogP contribution in [0, 0.1) is 10.1 Å². The van der Waals surface area contributed by atoms with Gasteiger partial charge < -0.3 is 9.47 Å². The van der Waals surface area contributed by atoms with E-state index in [1.807, 2.05) is 12.1 Å². The van der Waals surface area contributed by atoms with E-state index in [-0.39, 0.29) is 5.69 Å². The molecule has 0 saturated heterocycles. The minimum Gasteiger partial charge on any atom is -0.457 e. The lowest BCUT2D eigenvalue weighted by molar-refractivity contribution is -0.385. The van der Waals surface area contributed by atoms with E-state index in [0.717, 1.165) is 0 Å². The van der Waals surface area contributed by atoms with Gasteiger partial charge in [0, 0.05) is 6.07 Å². The topological polar surface area (TPSA) is 61.6 Å². The third-order valence-electron chi connectivity index (χ3n) is 2.73. The van der Waals surface area contributed by atoms with Gasteiger partial charge >= 0.3 is 0 Å². The molecule has 2 aromatic rings. The number of hydrogen-bond acceptors (Lipinski definition) is 4. The van der Waals surface area contributed by atoms with Crippen LogP contribution in [0.5, 0.6) is 11.5 Å². The summed E-state index contributed by atoms with van der Waals surface area (Å²) in [5.74, 6) is 1.45. The van der Waals surface area contributed by atoms with E-state index in [2.05, 4.69) is 0 Å². The summed E-state index contributed by atoms with van der Waals surface area (Å²) in [7, 11) is 0. The highest BCUT2D eigenvalue weighted by Crippen LogP contribution is 2.36. The fourth-order valence-electron chi connectivity index (χ4n) is 1.85. The molecular weight excluding hydrogens is 246 g/mol. The summed E-state index contributed by atoms with van der Waals surface area (Å²) in [6.45, 7) is 0. The summed E-state index contributed by atoms with van der Waals surface area (Å²) in [4.78, 5) is 10.5. The number of rotatable bonds is 2. The lowest BCUT2D eigenvalue weighted by atomic mass is 10.1. The molecule has 0 amide bonds. The van der Waals surface area contributed by atoms with E-state index in [0.29, 0.717) is 22.8 Å². The van der Waals surface area contributed by atoms with Gasteiger partial charge in [0.15, 0.2) is 17.3 Å². The molecule has 0 fully saturated rings. The van der Waals surface area contributed by atoms with Crippen LogP contribution in [0.25, 0.3) is 5.76 Å². The van der Waals surface area contributed by atoms with Crippen LogP contribution >= 0.6 is 0 Å². The second-order valence-electron chi connectivity index (χ2n) is 3.92. The molecule has 1 heterocycles. The predicted octanol–water partition coefficient (Wildman–Crippen LogP) is 3.36. The summed E-state index contributed by atoms with van der Waals surface area (Å²) in [5, 5.41) is 11.0. The normalized spacial score (nSPS) is 12.7. The molecule has 0 unspecified atom stereocenters. The highest BCUT2D eigenvalue weighted by molar-refractivity contribution is 5.71. The summed E-state index contributed by atoms with van der Waals surface area (Å²) in [6, 6.07) is 13.5. The van der Waals surface area contributed by atoms with E-state index in [1.165, 1.54) is 12.3 Å². The number of nitro benzene ring substituents is 1. The number of nitro groups is 1. The molecule has 5 heteroatoms. The first-order chi connectivity index (χ1) is 9.25. The Bertz CT molecular complexity index is 679. The minimum atomic E-state index is -0.444. The molecular formula is C14H9NO4. The van der Waals surface area contributed by atoms with Gasteiger partial charge in [-0.3, -0.25) is 10.1 Å². The third kappa shape index (κ3) is 2.01. The van der Waals surface area contributed by atoms with Gasteiger partial charge in [0.05, 0.1) is 10.5 Å². The molecule has 94 valence electrons. The Hall–Kier alpha value is -2.82. The SMILES string of the molecule is O=[N+]([O-])c1ccccc1C1=COc2ccccc2O1. The first-order valence-electron chi connectivity index (χ1n) is 5.63. The molecule has 1 aliphatic rings. The first kappa shape index (κ1) is 11.3. The van der Waals surface area contributed by atoms with Gasteiger partial charge in [-0.25, -0.2) is 0 Å². The van der Waals surface area contributed by atoms with Crippen LogP contribution < -0.4 is 9.47 Å². The third-order valence-corrected chi connectivity index (χ3v) is 2.73. The maximum Gasteiger partial charge on any atom is 0.280 e. The van der Waals surface area contributed by atoms with Gasteiger partial charge in [-0.1, -0.05) is 24.3 Å². The standard InChI is InChI=1S/C14H9NO4/c16-15(17)11-6-2-1-5-10(11)14-9-18-12-7-3-4-8-13(12)19-14/h1-9H. The quantitative estimate of drug-likeness (QED) is 0.609. The number of nitrogens with zero attached hydrogens (tertiary/aromatic N) is 1.